The molecule has 4 nitrogen and oxygen atoms in total. The van der Waals surface area contributed by atoms with Crippen LogP contribution >= 0.6 is 0 Å². The molecule has 94 valence electrons. The van der Waals surface area contributed by atoms with Gasteiger partial charge in [-0.25, -0.2) is 9.97 Å². The highest BCUT2D eigenvalue weighted by Crippen LogP contribution is 2.27. The Morgan fingerprint density at radius 2 is 2.29 bits per heavy atom. The zero-order valence-electron chi connectivity index (χ0n) is 9.00. The van der Waals surface area contributed by atoms with Gasteiger partial charge in [-0.1, -0.05) is 0 Å². The van der Waals surface area contributed by atoms with Gasteiger partial charge in [-0.05, 0) is 18.9 Å². The number of alkyl halides is 3. The third-order valence-corrected chi connectivity index (χ3v) is 2.46. The maximum Gasteiger partial charge on any atom is 0.433 e. The number of aromatic nitrogens is 2. The summed E-state index contributed by atoms with van der Waals surface area (Å²) in [5.41, 5.74) is -0.942. The lowest BCUT2D eigenvalue weighted by atomic mass is 10.2. The molecule has 1 saturated heterocycles. The van der Waals surface area contributed by atoms with Crippen molar-refractivity contribution in [2.75, 3.05) is 18.5 Å². The van der Waals surface area contributed by atoms with Crippen LogP contribution in [0.25, 0.3) is 0 Å². The Hall–Kier alpha value is -1.37. The molecule has 0 aliphatic carbocycles. The number of hydrogen-bond acceptors (Lipinski definition) is 4. The lowest BCUT2D eigenvalue weighted by Crippen LogP contribution is -2.20. The van der Waals surface area contributed by atoms with Crippen molar-refractivity contribution in [2.24, 2.45) is 0 Å². The molecule has 7 heteroatoms. The van der Waals surface area contributed by atoms with Gasteiger partial charge < -0.3 is 10.1 Å². The Morgan fingerprint density at radius 1 is 1.47 bits per heavy atom. The molecule has 1 aromatic heterocycles. The molecular formula is C10H12F3N3O. The van der Waals surface area contributed by atoms with E-state index in [1.807, 2.05) is 0 Å². The molecule has 0 spiro atoms. The van der Waals surface area contributed by atoms with Crippen molar-refractivity contribution in [3.8, 4) is 0 Å². The molecule has 1 N–H and O–H groups in total. The van der Waals surface area contributed by atoms with Crippen molar-refractivity contribution in [3.05, 3.63) is 18.0 Å². The molecule has 1 aromatic rings. The fourth-order valence-corrected chi connectivity index (χ4v) is 1.61. The van der Waals surface area contributed by atoms with E-state index in [-0.39, 0.29) is 12.1 Å². The van der Waals surface area contributed by atoms with Crippen LogP contribution in [0.15, 0.2) is 12.3 Å². The van der Waals surface area contributed by atoms with E-state index in [2.05, 4.69) is 15.3 Å². The van der Waals surface area contributed by atoms with Crippen LogP contribution in [-0.2, 0) is 10.9 Å². The molecule has 1 unspecified atom stereocenters. The average Bonchev–Trinajstić information content (AvgIpc) is 2.78. The number of rotatable bonds is 3. The quantitative estimate of drug-likeness (QED) is 0.888. The zero-order chi connectivity index (χ0) is 12.3. The van der Waals surface area contributed by atoms with Gasteiger partial charge in [0.05, 0.1) is 6.10 Å². The molecule has 2 heterocycles. The summed E-state index contributed by atoms with van der Waals surface area (Å²) >= 11 is 0. The molecule has 1 aliphatic heterocycles. The summed E-state index contributed by atoms with van der Waals surface area (Å²) in [6, 6.07) is 0.844. The Kier molecular flexibility index (Phi) is 3.46. The Labute approximate surface area is 96.2 Å². The Balaban J connectivity index is 1.96. The monoisotopic (exact) mass is 247 g/mol. The molecule has 1 atom stereocenters. The molecule has 17 heavy (non-hydrogen) atoms. The van der Waals surface area contributed by atoms with Crippen LogP contribution in [0.3, 0.4) is 0 Å². The first-order valence-electron chi connectivity index (χ1n) is 5.31. The summed E-state index contributed by atoms with van der Waals surface area (Å²) in [5, 5.41) is 2.75. The van der Waals surface area contributed by atoms with Gasteiger partial charge in [-0.3, -0.25) is 0 Å². The molecular weight excluding hydrogens is 235 g/mol. The zero-order valence-corrected chi connectivity index (χ0v) is 9.00. The predicted molar refractivity (Wildman–Crippen MR) is 54.5 cm³/mol. The molecule has 0 bridgehead atoms. The number of nitrogens with one attached hydrogen (secondary N) is 1. The van der Waals surface area contributed by atoms with Gasteiger partial charge in [0.25, 0.3) is 0 Å². The first-order valence-corrected chi connectivity index (χ1v) is 5.31. The molecule has 0 saturated carbocycles. The Bertz CT molecular complexity index is 377. The fraction of sp³-hybridized carbons (Fsp3) is 0.600. The van der Waals surface area contributed by atoms with E-state index < -0.39 is 11.9 Å². The second kappa shape index (κ2) is 4.87. The van der Waals surface area contributed by atoms with Gasteiger partial charge in [0.1, 0.15) is 5.69 Å². The highest BCUT2D eigenvalue weighted by molar-refractivity contribution is 5.26. The van der Waals surface area contributed by atoms with Crippen LogP contribution < -0.4 is 5.32 Å². The van der Waals surface area contributed by atoms with Crippen LogP contribution in [0.2, 0.25) is 0 Å². The number of ether oxygens (including phenoxy) is 1. The van der Waals surface area contributed by atoms with Crippen LogP contribution in [-0.4, -0.2) is 29.2 Å². The van der Waals surface area contributed by atoms with Gasteiger partial charge in [0, 0.05) is 19.3 Å². The molecule has 2 rings (SSSR count). The van der Waals surface area contributed by atoms with E-state index in [1.54, 1.807) is 0 Å². The van der Waals surface area contributed by atoms with Crippen LogP contribution in [0.5, 0.6) is 0 Å². The van der Waals surface area contributed by atoms with E-state index in [0.717, 1.165) is 25.1 Å². The summed E-state index contributed by atoms with van der Waals surface area (Å²) in [6.07, 6.45) is -1.42. The molecule has 0 aromatic carbocycles. The minimum Gasteiger partial charge on any atom is -0.376 e. The maximum atomic E-state index is 12.4. The van der Waals surface area contributed by atoms with Crippen molar-refractivity contribution >= 4 is 5.95 Å². The van der Waals surface area contributed by atoms with Crippen LogP contribution in [0, 0.1) is 0 Å². The first kappa shape index (κ1) is 12.1. The van der Waals surface area contributed by atoms with Gasteiger partial charge in [-0.2, -0.15) is 13.2 Å². The van der Waals surface area contributed by atoms with E-state index in [1.165, 1.54) is 0 Å². The second-order valence-electron chi connectivity index (χ2n) is 3.78. The number of hydrogen-bond donors (Lipinski definition) is 1. The minimum absolute atomic E-state index is 0.0182. The van der Waals surface area contributed by atoms with E-state index in [4.69, 9.17) is 4.74 Å². The highest BCUT2D eigenvalue weighted by atomic mass is 19.4. The summed E-state index contributed by atoms with van der Waals surface area (Å²) in [5.74, 6) is -0.0182. The van der Waals surface area contributed by atoms with Crippen molar-refractivity contribution in [1.82, 2.24) is 9.97 Å². The smallest absolute Gasteiger partial charge is 0.376 e. The molecule has 1 aliphatic rings. The van der Waals surface area contributed by atoms with Crippen molar-refractivity contribution in [3.63, 3.8) is 0 Å². The average molecular weight is 247 g/mol. The van der Waals surface area contributed by atoms with Gasteiger partial charge in [0.15, 0.2) is 0 Å². The van der Waals surface area contributed by atoms with Gasteiger partial charge in [0.2, 0.25) is 5.95 Å². The fourth-order valence-electron chi connectivity index (χ4n) is 1.61. The van der Waals surface area contributed by atoms with E-state index in [9.17, 15) is 13.2 Å². The standard InChI is InChI=1S/C10H12F3N3O/c11-10(12,13)8-3-4-14-9(16-8)15-6-7-2-1-5-17-7/h3-4,7H,1-2,5-6H2,(H,14,15,16). The summed E-state index contributed by atoms with van der Waals surface area (Å²) in [4.78, 5) is 7.14. The Morgan fingerprint density at radius 3 is 2.94 bits per heavy atom. The normalized spacial score (nSPS) is 20.5. The van der Waals surface area contributed by atoms with Crippen LogP contribution in [0.1, 0.15) is 18.5 Å². The third-order valence-electron chi connectivity index (χ3n) is 2.46. The molecule has 0 amide bonds. The number of halogens is 3. The molecule has 1 fully saturated rings. The van der Waals surface area contributed by atoms with Gasteiger partial charge >= 0.3 is 6.18 Å². The predicted octanol–water partition coefficient (Wildman–Crippen LogP) is 2.09. The summed E-state index contributed by atoms with van der Waals surface area (Å²) in [7, 11) is 0. The topological polar surface area (TPSA) is 47.0 Å². The number of anilines is 1. The van der Waals surface area contributed by atoms with Crippen LogP contribution in [0.4, 0.5) is 19.1 Å². The lowest BCUT2D eigenvalue weighted by Gasteiger charge is -2.11. The lowest BCUT2D eigenvalue weighted by molar-refractivity contribution is -0.141. The van der Waals surface area contributed by atoms with Crippen molar-refractivity contribution in [2.45, 2.75) is 25.1 Å². The summed E-state index contributed by atoms with van der Waals surface area (Å²) < 4.78 is 42.4. The highest BCUT2D eigenvalue weighted by Gasteiger charge is 2.32. The van der Waals surface area contributed by atoms with Gasteiger partial charge in [-0.15, -0.1) is 0 Å². The SMILES string of the molecule is FC(F)(F)c1ccnc(NCC2CCCO2)n1. The third kappa shape index (κ3) is 3.29. The number of nitrogens with zero attached hydrogens (tertiary/aromatic N) is 2. The van der Waals surface area contributed by atoms with E-state index >= 15 is 0 Å². The largest absolute Gasteiger partial charge is 0.433 e. The minimum atomic E-state index is -4.44. The van der Waals surface area contributed by atoms with Crippen molar-refractivity contribution in [1.29, 1.82) is 0 Å². The summed E-state index contributed by atoms with van der Waals surface area (Å²) in [6.45, 7) is 1.14. The molecule has 0 radical (unpaired) electrons. The van der Waals surface area contributed by atoms with Crippen molar-refractivity contribution < 1.29 is 17.9 Å². The maximum absolute atomic E-state index is 12.4. The second-order valence-corrected chi connectivity index (χ2v) is 3.78. The first-order chi connectivity index (χ1) is 8.05. The van der Waals surface area contributed by atoms with E-state index in [0.29, 0.717) is 13.2 Å².